The molecule has 0 atom stereocenters. The predicted molar refractivity (Wildman–Crippen MR) is 211 cm³/mol. The van der Waals surface area contributed by atoms with Gasteiger partial charge in [0.25, 0.3) is 0 Å². The molecule has 0 bridgehead atoms. The van der Waals surface area contributed by atoms with Crippen molar-refractivity contribution in [3.8, 4) is 0 Å². The van der Waals surface area contributed by atoms with Gasteiger partial charge in [0.05, 0.1) is 26.4 Å². The minimum Gasteiger partial charge on any atom is -0.380 e. The van der Waals surface area contributed by atoms with Crippen LogP contribution in [0.3, 0.4) is 0 Å². The smallest absolute Gasteiger partial charge is 0.380 e. The van der Waals surface area contributed by atoms with Crippen LogP contribution in [0.5, 0.6) is 0 Å². The lowest BCUT2D eigenvalue weighted by Crippen LogP contribution is -3.61. The van der Waals surface area contributed by atoms with E-state index in [1.807, 2.05) is 11.8 Å². The van der Waals surface area contributed by atoms with E-state index in [1.54, 1.807) is 0 Å². The Bertz CT molecular complexity index is 1300. The lowest BCUT2D eigenvalue weighted by molar-refractivity contribution is -0.597. The second-order valence-corrected chi connectivity index (χ2v) is 22.2. The molecule has 0 saturated carbocycles. The SMILES string of the molecule is C1CSCCO1.CC(C)(C)c1ccc([I+]c2ccc(C(C)(C)C)cc2)cc1.CC(C)(C)c1ccc([S+]2CCOCC2)cc1.CC(F)(F)F.CC(F)(F)F. The molecule has 0 amide bonds. The Morgan fingerprint density at radius 3 is 1.00 bits per heavy atom. The first-order valence-electron chi connectivity index (χ1n) is 17.7. The van der Waals surface area contributed by atoms with Crippen molar-refractivity contribution in [2.45, 2.75) is 110 Å². The van der Waals surface area contributed by atoms with E-state index < -0.39 is 12.4 Å². The Labute approximate surface area is 333 Å². The van der Waals surface area contributed by atoms with Crippen LogP contribution < -0.4 is 21.2 Å². The molecular formula is C42H61F6IO2S2+2. The molecule has 300 valence electrons. The van der Waals surface area contributed by atoms with Gasteiger partial charge in [0.15, 0.2) is 12.0 Å². The van der Waals surface area contributed by atoms with Crippen molar-refractivity contribution in [1.82, 2.24) is 0 Å². The summed E-state index contributed by atoms with van der Waals surface area (Å²) in [5.41, 5.74) is 5.00. The number of alkyl halides is 6. The molecule has 2 aliphatic rings. The van der Waals surface area contributed by atoms with E-state index in [2.05, 4.69) is 135 Å². The molecule has 11 heteroatoms. The van der Waals surface area contributed by atoms with Crippen molar-refractivity contribution in [2.75, 3.05) is 49.4 Å². The molecule has 0 radical (unpaired) electrons. The number of thioether (sulfide) groups is 1. The van der Waals surface area contributed by atoms with Crippen LogP contribution in [0, 0.1) is 7.14 Å². The Balaban J connectivity index is 0.000000382. The largest absolute Gasteiger partial charge is 0.386 e. The van der Waals surface area contributed by atoms with Crippen LogP contribution >= 0.6 is 11.8 Å². The zero-order valence-corrected chi connectivity index (χ0v) is 37.2. The maximum atomic E-state index is 10.4. The molecular weight excluding hydrogens is 841 g/mol. The number of halogens is 7. The van der Waals surface area contributed by atoms with Crippen LogP contribution in [0.15, 0.2) is 77.7 Å². The number of rotatable bonds is 3. The summed E-state index contributed by atoms with van der Waals surface area (Å²) in [5.74, 6) is 4.80. The molecule has 2 aliphatic heterocycles. The van der Waals surface area contributed by atoms with Gasteiger partial charge in [-0.3, -0.25) is 0 Å². The fourth-order valence-electron chi connectivity index (χ4n) is 4.50. The highest BCUT2D eigenvalue weighted by Gasteiger charge is 2.26. The first-order chi connectivity index (χ1) is 24.2. The zero-order chi connectivity index (χ0) is 40.5. The molecule has 0 spiro atoms. The third-order valence-corrected chi connectivity index (χ3v) is 13.2. The predicted octanol–water partition coefficient (Wildman–Crippen LogP) is 9.29. The molecule has 2 heterocycles. The van der Waals surface area contributed by atoms with Gasteiger partial charge in [0.2, 0.25) is 0 Å². The molecule has 2 fully saturated rings. The highest BCUT2D eigenvalue weighted by atomic mass is 127. The summed E-state index contributed by atoms with van der Waals surface area (Å²) < 4.78 is 75.6. The topological polar surface area (TPSA) is 18.5 Å². The van der Waals surface area contributed by atoms with Gasteiger partial charge in [-0.25, -0.2) is 0 Å². The molecule has 0 unspecified atom stereocenters. The Morgan fingerprint density at radius 2 is 0.755 bits per heavy atom. The highest BCUT2D eigenvalue weighted by molar-refractivity contribution is 7.99. The van der Waals surface area contributed by atoms with Gasteiger partial charge in [0, 0.05) is 36.2 Å². The average Bonchev–Trinajstić information content (AvgIpc) is 3.04. The monoisotopic (exact) mass is 902 g/mol. The highest BCUT2D eigenvalue weighted by Crippen LogP contribution is 2.25. The summed E-state index contributed by atoms with van der Waals surface area (Å²) in [7, 11) is 0.432. The number of hydrogen-bond acceptors (Lipinski definition) is 3. The summed E-state index contributed by atoms with van der Waals surface area (Å²) in [6.07, 6.45) is -8.00. The molecule has 0 aromatic heterocycles. The van der Waals surface area contributed by atoms with Crippen molar-refractivity contribution in [2.24, 2.45) is 0 Å². The summed E-state index contributed by atoms with van der Waals surface area (Å²) in [5, 5.41) is 0. The maximum absolute atomic E-state index is 10.4. The first kappa shape index (κ1) is 49.6. The van der Waals surface area contributed by atoms with E-state index in [0.29, 0.717) is 10.9 Å². The number of benzene rings is 3. The minimum atomic E-state index is -4.00. The zero-order valence-electron chi connectivity index (χ0n) is 33.4. The second-order valence-electron chi connectivity index (χ2n) is 15.7. The lowest BCUT2D eigenvalue weighted by atomic mass is 9.87. The fourth-order valence-corrected chi connectivity index (χ4v) is 9.17. The molecule has 0 N–H and O–H groups in total. The Hall–Kier alpha value is -1.41. The van der Waals surface area contributed by atoms with Crippen molar-refractivity contribution >= 4 is 22.7 Å². The van der Waals surface area contributed by atoms with E-state index in [-0.39, 0.29) is 51.3 Å². The van der Waals surface area contributed by atoms with Gasteiger partial charge in [-0.2, -0.15) is 38.1 Å². The van der Waals surface area contributed by atoms with Crippen LogP contribution in [0.25, 0.3) is 0 Å². The quantitative estimate of drug-likeness (QED) is 0.149. The van der Waals surface area contributed by atoms with Gasteiger partial charge in [-0.05, 0) is 69.3 Å². The fraction of sp³-hybridized carbons (Fsp3) is 0.571. The summed E-state index contributed by atoms with van der Waals surface area (Å²) >= 11 is 1.90. The van der Waals surface area contributed by atoms with Gasteiger partial charge < -0.3 is 9.47 Å². The van der Waals surface area contributed by atoms with E-state index in [1.165, 1.54) is 51.7 Å². The standard InChI is InChI=1S/C20H26I.C14H21OS.C4H8OS.2C2H3F3/c1-19(2,3)15-7-11-17(12-8-15)21-18-13-9-16(10-14-18)20(4,5)6;1-14(2,3)12-4-6-13(7-5-12)16-10-8-15-9-11-16;1-3-6-4-2-5-1;2*1-2(3,4)5/h7-14H,1-6H3;4-7H,8-11H2,1-3H3;1-4H2;2*1H3/q2*+1;;;. The van der Waals surface area contributed by atoms with Crippen LogP contribution in [0.2, 0.25) is 0 Å². The molecule has 3 aromatic rings. The van der Waals surface area contributed by atoms with Gasteiger partial charge in [0.1, 0.15) is 11.5 Å². The molecule has 2 saturated heterocycles. The normalized spacial score (nSPS) is 15.6. The summed E-state index contributed by atoms with van der Waals surface area (Å²) in [6.45, 7) is 24.6. The first-order valence-corrected chi connectivity index (χ1v) is 22.6. The van der Waals surface area contributed by atoms with Gasteiger partial charge >= 0.3 is 33.6 Å². The van der Waals surface area contributed by atoms with Gasteiger partial charge in [-0.15, -0.1) is 0 Å². The van der Waals surface area contributed by atoms with Gasteiger partial charge in [-0.1, -0.05) is 98.7 Å². The van der Waals surface area contributed by atoms with Crippen LogP contribution in [0.1, 0.15) is 92.9 Å². The number of ether oxygens (including phenoxy) is 2. The Kier molecular flexibility index (Phi) is 21.5. The molecule has 0 aliphatic carbocycles. The third kappa shape index (κ3) is 25.4. The van der Waals surface area contributed by atoms with Crippen molar-refractivity contribution in [3.05, 3.63) is 96.6 Å². The lowest BCUT2D eigenvalue weighted by Gasteiger charge is -2.19. The summed E-state index contributed by atoms with van der Waals surface area (Å²) in [6, 6.07) is 27.6. The molecule has 2 nitrogen and oxygen atoms in total. The minimum absolute atomic E-state index is 0.0703. The van der Waals surface area contributed by atoms with Crippen LogP contribution in [0.4, 0.5) is 26.3 Å². The third-order valence-electron chi connectivity index (χ3n) is 7.38. The molecule has 53 heavy (non-hydrogen) atoms. The second kappa shape index (κ2) is 23.0. The van der Waals surface area contributed by atoms with E-state index in [9.17, 15) is 26.3 Å². The molecule has 5 rings (SSSR count). The van der Waals surface area contributed by atoms with E-state index in [4.69, 9.17) is 9.47 Å². The number of hydrogen-bond donors (Lipinski definition) is 0. The molecule has 3 aromatic carbocycles. The van der Waals surface area contributed by atoms with Crippen LogP contribution in [-0.2, 0) is 36.6 Å². The maximum Gasteiger partial charge on any atom is 0.386 e. The van der Waals surface area contributed by atoms with Crippen molar-refractivity contribution < 1.29 is 57.0 Å². The van der Waals surface area contributed by atoms with Crippen LogP contribution in [-0.4, -0.2) is 61.8 Å². The Morgan fingerprint density at radius 1 is 0.472 bits per heavy atom. The van der Waals surface area contributed by atoms with E-state index >= 15 is 0 Å². The average molecular weight is 903 g/mol. The van der Waals surface area contributed by atoms with Crippen molar-refractivity contribution in [3.63, 3.8) is 0 Å². The summed E-state index contributed by atoms with van der Waals surface area (Å²) in [4.78, 5) is 1.51. The van der Waals surface area contributed by atoms with E-state index in [0.717, 1.165) is 26.4 Å². The van der Waals surface area contributed by atoms with Crippen molar-refractivity contribution in [1.29, 1.82) is 0 Å².